The molecule has 0 aliphatic heterocycles. The van der Waals surface area contributed by atoms with Gasteiger partial charge in [-0.05, 0) is 0 Å². The standard InChI is InChI=1S/C7H10BN6/c1-5(9)2-7(11-4-8)14-3-6(10)12-13-14/h2-4H,9-10H2,1H3/b5-2+,11-7?. The normalized spacial score (nSPS) is 12.9. The second-order valence-electron chi connectivity index (χ2n) is 2.61. The van der Waals surface area contributed by atoms with Crippen LogP contribution in [0.4, 0.5) is 5.82 Å². The molecule has 0 aromatic carbocycles. The third-order valence-corrected chi connectivity index (χ3v) is 1.31. The first-order valence-corrected chi connectivity index (χ1v) is 3.86. The van der Waals surface area contributed by atoms with Gasteiger partial charge in [0.25, 0.3) is 0 Å². The second-order valence-corrected chi connectivity index (χ2v) is 2.61. The number of hydrogen-bond acceptors (Lipinski definition) is 5. The van der Waals surface area contributed by atoms with Crippen LogP contribution in [0.3, 0.4) is 0 Å². The van der Waals surface area contributed by atoms with E-state index in [1.54, 1.807) is 13.0 Å². The van der Waals surface area contributed by atoms with E-state index in [1.807, 2.05) is 0 Å². The van der Waals surface area contributed by atoms with Crippen molar-refractivity contribution in [1.82, 2.24) is 15.0 Å². The maximum atomic E-state index is 5.50. The molecule has 0 saturated heterocycles. The molecule has 0 aliphatic carbocycles. The predicted octanol–water partition coefficient (Wildman–Crippen LogP) is -1.10. The quantitative estimate of drug-likeness (QED) is 0.350. The molecule has 14 heavy (non-hydrogen) atoms. The van der Waals surface area contributed by atoms with Crippen molar-refractivity contribution in [3.8, 4) is 0 Å². The Morgan fingerprint density at radius 1 is 1.71 bits per heavy atom. The maximum absolute atomic E-state index is 5.50. The summed E-state index contributed by atoms with van der Waals surface area (Å²) in [4.78, 5) is 3.87. The summed E-state index contributed by atoms with van der Waals surface area (Å²) in [6, 6.07) is 0. The van der Waals surface area contributed by atoms with E-state index in [9.17, 15) is 0 Å². The summed E-state index contributed by atoms with van der Waals surface area (Å²) >= 11 is 0. The Balaban J connectivity index is 3.07. The molecular formula is C7H10BN6. The Hall–Kier alpha value is -1.92. The Bertz CT molecular complexity index is 387. The van der Waals surface area contributed by atoms with Crippen LogP contribution in [0.15, 0.2) is 23.0 Å². The summed E-state index contributed by atoms with van der Waals surface area (Å²) < 4.78 is 1.38. The summed E-state index contributed by atoms with van der Waals surface area (Å²) in [5.74, 6) is 0.759. The van der Waals surface area contributed by atoms with Crippen molar-refractivity contribution in [2.24, 2.45) is 10.7 Å². The topological polar surface area (TPSA) is 95.1 Å². The van der Waals surface area contributed by atoms with Crippen molar-refractivity contribution in [2.75, 3.05) is 5.73 Å². The van der Waals surface area contributed by atoms with Crippen molar-refractivity contribution < 1.29 is 0 Å². The molecule has 0 fully saturated rings. The monoisotopic (exact) mass is 189 g/mol. The third-order valence-electron chi connectivity index (χ3n) is 1.31. The summed E-state index contributed by atoms with van der Waals surface area (Å²) in [5.41, 5.74) is 11.5. The molecule has 0 aliphatic rings. The minimum atomic E-state index is 0.304. The van der Waals surface area contributed by atoms with Gasteiger partial charge in [0.15, 0.2) is 0 Å². The van der Waals surface area contributed by atoms with Crippen LogP contribution in [0, 0.1) is 0 Å². The van der Waals surface area contributed by atoms with Crippen LogP contribution in [-0.4, -0.2) is 34.4 Å². The molecule has 0 amide bonds. The van der Waals surface area contributed by atoms with E-state index in [2.05, 4.69) is 15.3 Å². The van der Waals surface area contributed by atoms with Gasteiger partial charge >= 0.3 is 81.6 Å². The van der Waals surface area contributed by atoms with E-state index >= 15 is 0 Å². The molecule has 0 atom stereocenters. The number of allylic oxidation sites excluding steroid dienone is 2. The van der Waals surface area contributed by atoms with E-state index in [0.717, 1.165) is 6.09 Å². The predicted molar refractivity (Wildman–Crippen MR) is 57.0 cm³/mol. The van der Waals surface area contributed by atoms with E-state index in [0.29, 0.717) is 17.4 Å². The van der Waals surface area contributed by atoms with Crippen LogP contribution in [-0.2, 0) is 0 Å². The van der Waals surface area contributed by atoms with Crippen molar-refractivity contribution in [3.05, 3.63) is 18.0 Å². The zero-order valence-corrected chi connectivity index (χ0v) is 7.75. The molecule has 1 aromatic heterocycles. The van der Waals surface area contributed by atoms with Crippen LogP contribution in [0.2, 0.25) is 0 Å². The van der Waals surface area contributed by atoms with Crippen LogP contribution >= 0.6 is 0 Å². The average molecular weight is 189 g/mol. The summed E-state index contributed by atoms with van der Waals surface area (Å²) in [5, 5.41) is 7.34. The number of nitrogens with zero attached hydrogens (tertiary/aromatic N) is 4. The Morgan fingerprint density at radius 3 is 2.86 bits per heavy atom. The molecule has 1 rings (SSSR count). The number of aromatic nitrogens is 3. The Kier molecular flexibility index (Phi) is 3.16. The van der Waals surface area contributed by atoms with Gasteiger partial charge in [0.05, 0.1) is 0 Å². The van der Waals surface area contributed by atoms with Gasteiger partial charge in [-0.1, -0.05) is 0 Å². The van der Waals surface area contributed by atoms with Crippen molar-refractivity contribution in [3.63, 3.8) is 0 Å². The number of anilines is 1. The number of nitrogen functional groups attached to an aromatic ring is 1. The molecule has 1 heterocycles. The van der Waals surface area contributed by atoms with Crippen molar-refractivity contribution in [1.29, 1.82) is 0 Å². The molecule has 0 unspecified atom stereocenters. The van der Waals surface area contributed by atoms with Gasteiger partial charge in [-0.3, -0.25) is 0 Å². The third kappa shape index (κ3) is 2.54. The fourth-order valence-corrected chi connectivity index (χ4v) is 0.831. The fourth-order valence-electron chi connectivity index (χ4n) is 0.831. The zero-order chi connectivity index (χ0) is 10.6. The molecule has 0 bridgehead atoms. The van der Waals surface area contributed by atoms with Gasteiger partial charge in [-0.15, -0.1) is 0 Å². The van der Waals surface area contributed by atoms with Crippen LogP contribution in [0.5, 0.6) is 0 Å². The summed E-state index contributed by atoms with van der Waals surface area (Å²) in [6.07, 6.45) is 4.27. The van der Waals surface area contributed by atoms with Crippen molar-refractivity contribution in [2.45, 2.75) is 6.92 Å². The Labute approximate surface area is 82.4 Å². The summed E-state index contributed by atoms with van der Waals surface area (Å²) in [7, 11) is 5.17. The van der Waals surface area contributed by atoms with E-state index < -0.39 is 0 Å². The molecule has 6 nitrogen and oxygen atoms in total. The van der Waals surface area contributed by atoms with Gasteiger partial charge in [-0.2, -0.15) is 0 Å². The van der Waals surface area contributed by atoms with Gasteiger partial charge in [0.1, 0.15) is 0 Å². The number of rotatable bonds is 2. The first-order valence-electron chi connectivity index (χ1n) is 3.86. The van der Waals surface area contributed by atoms with E-state index in [4.69, 9.17) is 19.0 Å². The Morgan fingerprint density at radius 2 is 2.43 bits per heavy atom. The van der Waals surface area contributed by atoms with Crippen LogP contribution in [0.1, 0.15) is 6.92 Å². The molecule has 7 heteroatoms. The molecule has 0 spiro atoms. The number of aliphatic imine (C=N–C) groups is 1. The first-order chi connectivity index (χ1) is 6.63. The van der Waals surface area contributed by atoms with E-state index in [1.165, 1.54) is 10.9 Å². The first kappa shape index (κ1) is 10.2. The van der Waals surface area contributed by atoms with Gasteiger partial charge in [0, 0.05) is 0 Å². The fraction of sp³-hybridized carbons (Fsp3) is 0.143. The second kappa shape index (κ2) is 4.36. The van der Waals surface area contributed by atoms with Crippen LogP contribution in [0.25, 0.3) is 0 Å². The SMILES string of the molecule is [B]=CN=C(/C=C(\C)N)n1cc(N)nn1. The van der Waals surface area contributed by atoms with Crippen molar-refractivity contribution >= 4 is 25.2 Å². The average Bonchev–Trinajstić information content (AvgIpc) is 2.50. The summed E-state index contributed by atoms with van der Waals surface area (Å²) in [6.45, 7) is 1.73. The molecule has 71 valence electrons. The van der Waals surface area contributed by atoms with Gasteiger partial charge in [-0.25, -0.2) is 0 Å². The zero-order valence-electron chi connectivity index (χ0n) is 7.75. The molecule has 0 saturated carbocycles. The van der Waals surface area contributed by atoms with Gasteiger partial charge in [0.2, 0.25) is 0 Å². The molecular weight excluding hydrogens is 179 g/mol. The molecule has 1 radical (unpaired) electrons. The van der Waals surface area contributed by atoms with Gasteiger partial charge < -0.3 is 0 Å². The van der Waals surface area contributed by atoms with Crippen LogP contribution < -0.4 is 11.5 Å². The van der Waals surface area contributed by atoms with E-state index in [-0.39, 0.29) is 0 Å². The molecule has 4 N–H and O–H groups in total. The number of hydrogen-bond donors (Lipinski definition) is 2. The minimum absolute atomic E-state index is 0.304. The number of nitrogens with two attached hydrogens (primary N) is 2. The molecule has 1 aromatic rings.